The second-order valence-electron chi connectivity index (χ2n) is 6.62. The molecule has 124 valence electrons. The monoisotopic (exact) mass is 300 g/mol. The van der Waals surface area contributed by atoms with Gasteiger partial charge in [0.25, 0.3) is 0 Å². The first-order chi connectivity index (χ1) is 10.7. The van der Waals surface area contributed by atoms with Gasteiger partial charge in [0.1, 0.15) is 0 Å². The largest absolute Gasteiger partial charge is 0.103 e. The van der Waals surface area contributed by atoms with E-state index >= 15 is 0 Å². The van der Waals surface area contributed by atoms with Crippen molar-refractivity contribution in [2.45, 2.75) is 85.5 Å². The zero-order valence-electron chi connectivity index (χ0n) is 15.4. The summed E-state index contributed by atoms with van der Waals surface area (Å²) in [7, 11) is 0. The van der Waals surface area contributed by atoms with Gasteiger partial charge in [-0.3, -0.25) is 0 Å². The lowest BCUT2D eigenvalue weighted by Gasteiger charge is -2.17. The Morgan fingerprint density at radius 1 is 0.955 bits per heavy atom. The highest BCUT2D eigenvalue weighted by Crippen LogP contribution is 2.24. The summed E-state index contributed by atoms with van der Waals surface area (Å²) in [5, 5.41) is 0. The third kappa shape index (κ3) is 5.63. The lowest BCUT2D eigenvalue weighted by Crippen LogP contribution is -2.04. The third-order valence-corrected chi connectivity index (χ3v) is 4.98. The van der Waals surface area contributed by atoms with Gasteiger partial charge in [-0.15, -0.1) is 6.58 Å². The van der Waals surface area contributed by atoms with Crippen molar-refractivity contribution in [3.8, 4) is 0 Å². The Hall–Kier alpha value is -1.04. The summed E-state index contributed by atoms with van der Waals surface area (Å²) >= 11 is 0. The molecule has 0 nitrogen and oxygen atoms in total. The molecule has 22 heavy (non-hydrogen) atoms. The van der Waals surface area contributed by atoms with E-state index < -0.39 is 0 Å². The van der Waals surface area contributed by atoms with Crippen molar-refractivity contribution in [1.29, 1.82) is 0 Å². The van der Waals surface area contributed by atoms with Crippen molar-refractivity contribution in [3.05, 3.63) is 47.0 Å². The average molecular weight is 301 g/mol. The van der Waals surface area contributed by atoms with Crippen molar-refractivity contribution >= 4 is 0 Å². The van der Waals surface area contributed by atoms with E-state index in [1.54, 1.807) is 22.3 Å². The van der Waals surface area contributed by atoms with Gasteiger partial charge in [-0.2, -0.15) is 0 Å². The van der Waals surface area contributed by atoms with Crippen molar-refractivity contribution < 1.29 is 0 Å². The quantitative estimate of drug-likeness (QED) is 0.310. The molecule has 0 bridgehead atoms. The van der Waals surface area contributed by atoms with Crippen molar-refractivity contribution in [3.63, 3.8) is 0 Å². The van der Waals surface area contributed by atoms with Crippen LogP contribution in [-0.2, 0) is 19.3 Å². The predicted molar refractivity (Wildman–Crippen MR) is 101 cm³/mol. The highest BCUT2D eigenvalue weighted by Gasteiger charge is 2.10. The molecule has 0 heteroatoms. The van der Waals surface area contributed by atoms with Gasteiger partial charge < -0.3 is 0 Å². The Balaban J connectivity index is 2.70. The Bertz CT molecular complexity index is 442. The number of hydrogen-bond donors (Lipinski definition) is 0. The lowest BCUT2D eigenvalue weighted by molar-refractivity contribution is 0.508. The fourth-order valence-electron chi connectivity index (χ4n) is 3.51. The Labute approximate surface area is 139 Å². The van der Waals surface area contributed by atoms with Crippen LogP contribution in [0.3, 0.4) is 0 Å². The topological polar surface area (TPSA) is 0 Å². The maximum Gasteiger partial charge on any atom is -0.0233 e. The maximum absolute atomic E-state index is 4.05. The van der Waals surface area contributed by atoms with Gasteiger partial charge in [0.2, 0.25) is 0 Å². The maximum atomic E-state index is 4.05. The van der Waals surface area contributed by atoms with Crippen LogP contribution in [0.2, 0.25) is 0 Å². The molecule has 0 aliphatic carbocycles. The minimum Gasteiger partial charge on any atom is -0.103 e. The van der Waals surface area contributed by atoms with Gasteiger partial charge in [0.05, 0.1) is 0 Å². The Morgan fingerprint density at radius 3 is 2.27 bits per heavy atom. The number of benzene rings is 1. The zero-order chi connectivity index (χ0) is 16.4. The fourth-order valence-corrected chi connectivity index (χ4v) is 3.51. The van der Waals surface area contributed by atoms with Gasteiger partial charge in [0, 0.05) is 0 Å². The normalized spacial score (nSPS) is 12.4. The van der Waals surface area contributed by atoms with Gasteiger partial charge in [0.15, 0.2) is 0 Å². The number of aryl methyl sites for hydroxylation is 2. The minimum absolute atomic E-state index is 0.686. The standard InChI is InChI=1S/C22H36/c1-6-10-11-13-19(8-3)14-15-20-16-17-21(12-7-2)22(9-4)18(20)5/h8,16-17,19H,3,6-7,9-15H2,1-2,4-5H3. The van der Waals surface area contributed by atoms with Gasteiger partial charge in [-0.1, -0.05) is 64.7 Å². The molecule has 0 amide bonds. The Kier molecular flexibility index (Phi) is 9.20. The number of hydrogen-bond acceptors (Lipinski definition) is 0. The van der Waals surface area contributed by atoms with Crippen LogP contribution in [0.15, 0.2) is 24.8 Å². The highest BCUT2D eigenvalue weighted by molar-refractivity contribution is 5.40. The molecule has 1 aromatic rings. The van der Waals surface area contributed by atoms with E-state index in [0.29, 0.717) is 5.92 Å². The summed E-state index contributed by atoms with van der Waals surface area (Å²) in [4.78, 5) is 0. The second kappa shape index (κ2) is 10.6. The molecule has 0 aliphatic heterocycles. The van der Waals surface area contributed by atoms with Crippen LogP contribution in [0.25, 0.3) is 0 Å². The summed E-state index contributed by atoms with van der Waals surface area (Å²) < 4.78 is 0. The first-order valence-corrected chi connectivity index (χ1v) is 9.40. The van der Waals surface area contributed by atoms with E-state index in [0.717, 1.165) is 6.42 Å². The van der Waals surface area contributed by atoms with Crippen molar-refractivity contribution in [2.75, 3.05) is 0 Å². The fraction of sp³-hybridized carbons (Fsp3) is 0.636. The smallest absolute Gasteiger partial charge is 0.0233 e. The van der Waals surface area contributed by atoms with Crippen LogP contribution in [0.5, 0.6) is 0 Å². The molecule has 0 radical (unpaired) electrons. The molecule has 0 fully saturated rings. The van der Waals surface area contributed by atoms with Crippen molar-refractivity contribution in [2.24, 2.45) is 5.92 Å². The number of rotatable bonds is 11. The lowest BCUT2D eigenvalue weighted by atomic mass is 9.88. The summed E-state index contributed by atoms with van der Waals surface area (Å²) in [5.41, 5.74) is 6.26. The zero-order valence-corrected chi connectivity index (χ0v) is 15.4. The molecule has 0 aliphatic rings. The SMILES string of the molecule is C=CC(CCCCC)CCc1ccc(CCC)c(CC)c1C. The molecule has 0 heterocycles. The summed E-state index contributed by atoms with van der Waals surface area (Å²) in [6.07, 6.45) is 13.6. The van der Waals surface area contributed by atoms with Gasteiger partial charge >= 0.3 is 0 Å². The molecule has 1 rings (SSSR count). The van der Waals surface area contributed by atoms with E-state index in [-0.39, 0.29) is 0 Å². The first-order valence-electron chi connectivity index (χ1n) is 9.40. The molecule has 0 saturated heterocycles. The molecular weight excluding hydrogens is 264 g/mol. The van der Waals surface area contributed by atoms with Crippen LogP contribution in [0.1, 0.15) is 81.5 Å². The second-order valence-corrected chi connectivity index (χ2v) is 6.62. The molecule has 0 spiro atoms. The molecule has 1 aromatic carbocycles. The van der Waals surface area contributed by atoms with E-state index in [9.17, 15) is 0 Å². The first kappa shape index (κ1) is 19.0. The van der Waals surface area contributed by atoms with E-state index in [1.165, 1.54) is 51.4 Å². The molecule has 0 aromatic heterocycles. The number of unbranched alkanes of at least 4 members (excludes halogenated alkanes) is 2. The van der Waals surface area contributed by atoms with Crippen LogP contribution in [0.4, 0.5) is 0 Å². The third-order valence-electron chi connectivity index (χ3n) is 4.98. The number of allylic oxidation sites excluding steroid dienone is 1. The molecular formula is C22H36. The van der Waals surface area contributed by atoms with Crippen LogP contribution in [-0.4, -0.2) is 0 Å². The molecule has 1 atom stereocenters. The van der Waals surface area contributed by atoms with E-state index in [1.807, 2.05) is 0 Å². The minimum atomic E-state index is 0.686. The summed E-state index contributed by atoms with van der Waals surface area (Å²) in [6, 6.07) is 4.76. The van der Waals surface area contributed by atoms with Crippen LogP contribution in [0, 0.1) is 12.8 Å². The van der Waals surface area contributed by atoms with Crippen molar-refractivity contribution in [1.82, 2.24) is 0 Å². The highest BCUT2D eigenvalue weighted by atomic mass is 14.2. The van der Waals surface area contributed by atoms with Gasteiger partial charge in [-0.05, 0) is 67.2 Å². The predicted octanol–water partition coefficient (Wildman–Crippen LogP) is 6.83. The molecule has 1 unspecified atom stereocenters. The molecule has 0 N–H and O–H groups in total. The van der Waals surface area contributed by atoms with Crippen LogP contribution < -0.4 is 0 Å². The summed E-state index contributed by atoms with van der Waals surface area (Å²) in [6.45, 7) is 13.2. The summed E-state index contributed by atoms with van der Waals surface area (Å²) in [5.74, 6) is 0.686. The average Bonchev–Trinajstić information content (AvgIpc) is 2.53. The van der Waals surface area contributed by atoms with E-state index in [2.05, 4.69) is 52.5 Å². The van der Waals surface area contributed by atoms with Gasteiger partial charge in [-0.25, -0.2) is 0 Å². The Morgan fingerprint density at radius 2 is 1.68 bits per heavy atom. The van der Waals surface area contributed by atoms with E-state index in [4.69, 9.17) is 0 Å². The molecule has 0 saturated carbocycles. The van der Waals surface area contributed by atoms with Crippen LogP contribution >= 0.6 is 0 Å².